The van der Waals surface area contributed by atoms with Crippen molar-refractivity contribution in [3.8, 4) is 11.3 Å². The minimum absolute atomic E-state index is 0.0159. The predicted octanol–water partition coefficient (Wildman–Crippen LogP) is 4.00. The van der Waals surface area contributed by atoms with E-state index < -0.39 is 34.9 Å². The highest BCUT2D eigenvalue weighted by atomic mass is 19.3. The number of nitrogens with one attached hydrogen (secondary N) is 1. The SMILES string of the molecule is CNC1CCc2cc(-c3c4ncn(CC5(O)CCN(C(=O)C(F)=C(c6ccccc6)C(F)F)CC5)c(=O)c4nn3C)ccc21. The number of amides is 1. The molecule has 0 radical (unpaired) electrons. The monoisotopic (exact) mass is 606 g/mol. The van der Waals surface area contributed by atoms with Crippen LogP contribution in [0.4, 0.5) is 13.2 Å². The molecule has 1 atom stereocenters. The average Bonchev–Trinajstić information content (AvgIpc) is 3.59. The second kappa shape index (κ2) is 11.7. The van der Waals surface area contributed by atoms with Crippen LogP contribution in [0, 0.1) is 0 Å². The molecule has 0 spiro atoms. The Hall–Kier alpha value is -4.29. The van der Waals surface area contributed by atoms with Gasteiger partial charge in [-0.3, -0.25) is 18.8 Å². The number of piperidine rings is 1. The number of halogens is 3. The molecule has 44 heavy (non-hydrogen) atoms. The third-order valence-electron chi connectivity index (χ3n) is 8.83. The maximum absolute atomic E-state index is 15.1. The maximum atomic E-state index is 15.1. The first kappa shape index (κ1) is 29.8. The topological polar surface area (TPSA) is 105 Å². The van der Waals surface area contributed by atoms with Crippen LogP contribution in [0.3, 0.4) is 0 Å². The second-order valence-corrected chi connectivity index (χ2v) is 11.6. The van der Waals surface area contributed by atoms with Gasteiger partial charge in [0.05, 0.1) is 29.7 Å². The highest BCUT2D eigenvalue weighted by molar-refractivity contribution is 5.99. The van der Waals surface area contributed by atoms with Crippen LogP contribution in [-0.4, -0.2) is 67.4 Å². The molecule has 1 saturated heterocycles. The normalized spacial score (nSPS) is 18.5. The van der Waals surface area contributed by atoms with E-state index in [-0.39, 0.29) is 43.6 Å². The molecule has 9 nitrogen and oxygen atoms in total. The van der Waals surface area contributed by atoms with Crippen LogP contribution >= 0.6 is 0 Å². The third kappa shape index (κ3) is 5.32. The molecule has 2 aliphatic rings. The summed E-state index contributed by atoms with van der Waals surface area (Å²) in [7, 11) is 3.71. The molecule has 3 heterocycles. The largest absolute Gasteiger partial charge is 0.388 e. The van der Waals surface area contributed by atoms with Gasteiger partial charge in [-0.1, -0.05) is 42.5 Å². The quantitative estimate of drug-likeness (QED) is 0.308. The number of hydrogen-bond donors (Lipinski definition) is 2. The van der Waals surface area contributed by atoms with E-state index in [1.165, 1.54) is 46.3 Å². The van der Waals surface area contributed by atoms with E-state index in [1.807, 2.05) is 13.1 Å². The van der Waals surface area contributed by atoms with Gasteiger partial charge in [-0.15, -0.1) is 0 Å². The first-order valence-corrected chi connectivity index (χ1v) is 14.6. The first-order valence-electron chi connectivity index (χ1n) is 14.6. The van der Waals surface area contributed by atoms with E-state index in [0.717, 1.165) is 29.0 Å². The molecule has 0 saturated carbocycles. The first-order chi connectivity index (χ1) is 21.1. The van der Waals surface area contributed by atoms with Crippen molar-refractivity contribution in [1.82, 2.24) is 29.5 Å². The third-order valence-corrected chi connectivity index (χ3v) is 8.83. The number of hydrogen-bond acceptors (Lipinski definition) is 6. The molecule has 6 rings (SSSR count). The van der Waals surface area contributed by atoms with Crippen molar-refractivity contribution in [1.29, 1.82) is 0 Å². The zero-order chi connectivity index (χ0) is 31.2. The van der Waals surface area contributed by atoms with Crippen molar-refractivity contribution in [2.75, 3.05) is 20.1 Å². The molecule has 1 amide bonds. The van der Waals surface area contributed by atoms with E-state index in [4.69, 9.17) is 0 Å². The summed E-state index contributed by atoms with van der Waals surface area (Å²) >= 11 is 0. The lowest BCUT2D eigenvalue weighted by Crippen LogP contribution is -2.50. The van der Waals surface area contributed by atoms with Gasteiger partial charge in [0.15, 0.2) is 11.3 Å². The average molecular weight is 607 g/mol. The lowest BCUT2D eigenvalue weighted by molar-refractivity contribution is -0.133. The molecule has 1 aliphatic carbocycles. The Kier molecular flexibility index (Phi) is 7.89. The van der Waals surface area contributed by atoms with E-state index in [1.54, 1.807) is 17.8 Å². The zero-order valence-electron chi connectivity index (χ0n) is 24.4. The van der Waals surface area contributed by atoms with Crippen molar-refractivity contribution in [3.05, 3.63) is 87.7 Å². The van der Waals surface area contributed by atoms with Gasteiger partial charge in [-0.25, -0.2) is 18.2 Å². The van der Waals surface area contributed by atoms with Gasteiger partial charge < -0.3 is 15.3 Å². The van der Waals surface area contributed by atoms with Crippen LogP contribution < -0.4 is 10.9 Å². The molecule has 1 aliphatic heterocycles. The number of carbonyl (C=O) groups is 1. The summed E-state index contributed by atoms with van der Waals surface area (Å²) < 4.78 is 45.4. The van der Waals surface area contributed by atoms with Gasteiger partial charge in [0, 0.05) is 31.7 Å². The van der Waals surface area contributed by atoms with Gasteiger partial charge in [0.1, 0.15) is 5.52 Å². The van der Waals surface area contributed by atoms with Crippen LogP contribution in [0.25, 0.3) is 27.9 Å². The fourth-order valence-corrected chi connectivity index (χ4v) is 6.42. The molecular formula is C32H33F3N6O3. The minimum Gasteiger partial charge on any atom is -0.388 e. The number of fused-ring (bicyclic) bond motifs is 2. The molecular weight excluding hydrogens is 573 g/mol. The van der Waals surface area contributed by atoms with E-state index in [2.05, 4.69) is 27.5 Å². The lowest BCUT2D eigenvalue weighted by atomic mass is 9.91. The number of likely N-dealkylation sites (tertiary alicyclic amines) is 1. The van der Waals surface area contributed by atoms with Gasteiger partial charge in [0.25, 0.3) is 17.9 Å². The summed E-state index contributed by atoms with van der Waals surface area (Å²) in [6, 6.07) is 13.8. The fraction of sp³-hybridized carbons (Fsp3) is 0.375. The van der Waals surface area contributed by atoms with Gasteiger partial charge in [-0.05, 0) is 55.5 Å². The summed E-state index contributed by atoms with van der Waals surface area (Å²) in [6.45, 7) is -0.254. The number of allylic oxidation sites excluding steroid dienone is 1. The van der Waals surface area contributed by atoms with E-state index in [9.17, 15) is 23.5 Å². The van der Waals surface area contributed by atoms with E-state index in [0.29, 0.717) is 11.6 Å². The maximum Gasteiger partial charge on any atom is 0.283 e. The Morgan fingerprint density at radius 3 is 2.55 bits per heavy atom. The molecule has 4 aromatic rings. The molecule has 12 heteroatoms. The summed E-state index contributed by atoms with van der Waals surface area (Å²) in [4.78, 5) is 32.0. The van der Waals surface area contributed by atoms with Gasteiger partial charge in [-0.2, -0.15) is 5.10 Å². The standard InChI is InChI=1S/C32H33F3N6O3/c1-36-23-11-9-20-16-21(8-10-22(20)23)28-26-27(38-39(28)2)31(43)41(18-37-26)17-32(44)12-14-40(15-13-32)30(42)25(33)24(29(34)35)19-6-4-3-5-7-19/h3-8,10,16,18,23,29,36,44H,9,11-15,17H2,1-2H3. The molecule has 2 N–H and O–H groups in total. The molecule has 2 aromatic carbocycles. The lowest BCUT2D eigenvalue weighted by Gasteiger charge is -2.38. The molecule has 1 fully saturated rings. The summed E-state index contributed by atoms with van der Waals surface area (Å²) in [6.07, 6.45) is 0.208. The van der Waals surface area contributed by atoms with Crippen LogP contribution in [0.5, 0.6) is 0 Å². The van der Waals surface area contributed by atoms with Crippen molar-refractivity contribution >= 4 is 22.5 Å². The second-order valence-electron chi connectivity index (χ2n) is 11.6. The predicted molar refractivity (Wildman–Crippen MR) is 160 cm³/mol. The summed E-state index contributed by atoms with van der Waals surface area (Å²) in [5.41, 5.74) is 1.93. The molecule has 2 aromatic heterocycles. The van der Waals surface area contributed by atoms with Crippen molar-refractivity contribution in [2.45, 2.75) is 50.3 Å². The minimum atomic E-state index is -3.18. The number of aliphatic hydroxyl groups is 1. The number of carbonyl (C=O) groups excluding carboxylic acids is 1. The Labute approximate surface area is 251 Å². The summed E-state index contributed by atoms with van der Waals surface area (Å²) in [5.74, 6) is -2.67. The van der Waals surface area contributed by atoms with Crippen molar-refractivity contribution in [3.63, 3.8) is 0 Å². The zero-order valence-corrected chi connectivity index (χ0v) is 24.4. The smallest absolute Gasteiger partial charge is 0.283 e. The number of aryl methyl sites for hydroxylation is 2. The Bertz CT molecular complexity index is 1810. The van der Waals surface area contributed by atoms with Gasteiger partial charge >= 0.3 is 0 Å². The summed E-state index contributed by atoms with van der Waals surface area (Å²) in [5, 5.41) is 19.1. The number of aromatic nitrogens is 4. The number of nitrogens with zero attached hydrogens (tertiary/aromatic N) is 5. The Morgan fingerprint density at radius 2 is 1.86 bits per heavy atom. The number of rotatable bonds is 7. The number of benzene rings is 2. The van der Waals surface area contributed by atoms with Crippen molar-refractivity contribution < 1.29 is 23.1 Å². The fourth-order valence-electron chi connectivity index (χ4n) is 6.42. The van der Waals surface area contributed by atoms with Crippen LogP contribution in [0.2, 0.25) is 0 Å². The van der Waals surface area contributed by atoms with Crippen LogP contribution in [0.1, 0.15) is 42.0 Å². The Balaban J connectivity index is 1.20. The Morgan fingerprint density at radius 1 is 1.14 bits per heavy atom. The molecule has 0 bridgehead atoms. The molecule has 230 valence electrons. The van der Waals surface area contributed by atoms with Crippen LogP contribution in [-0.2, 0) is 24.8 Å². The van der Waals surface area contributed by atoms with E-state index >= 15 is 4.39 Å². The van der Waals surface area contributed by atoms with Crippen molar-refractivity contribution in [2.24, 2.45) is 7.05 Å². The molecule has 1 unspecified atom stereocenters. The van der Waals surface area contributed by atoms with Crippen LogP contribution in [0.15, 0.2) is 65.5 Å². The van der Waals surface area contributed by atoms with Gasteiger partial charge in [0.2, 0.25) is 0 Å². The highest BCUT2D eigenvalue weighted by Gasteiger charge is 2.37. The number of alkyl halides is 2. The highest BCUT2D eigenvalue weighted by Crippen LogP contribution is 2.35.